The van der Waals surface area contributed by atoms with Crippen LogP contribution in [0.15, 0.2) is 60.7 Å². The van der Waals surface area contributed by atoms with Crippen LogP contribution in [0.5, 0.6) is 0 Å². The highest BCUT2D eigenvalue weighted by Crippen LogP contribution is 2.21. The molecule has 1 heterocycles. The minimum absolute atomic E-state index is 0.0956. The third kappa shape index (κ3) is 4.03. The van der Waals surface area contributed by atoms with Crippen molar-refractivity contribution in [1.82, 2.24) is 15.3 Å². The van der Waals surface area contributed by atoms with Gasteiger partial charge in [0.2, 0.25) is 0 Å². The molecule has 1 aromatic heterocycles. The van der Waals surface area contributed by atoms with Crippen molar-refractivity contribution in [3.63, 3.8) is 0 Å². The van der Waals surface area contributed by atoms with Gasteiger partial charge >= 0.3 is 0 Å². The molecule has 0 bridgehead atoms. The van der Waals surface area contributed by atoms with Crippen LogP contribution in [-0.4, -0.2) is 22.9 Å². The predicted octanol–water partition coefficient (Wildman–Crippen LogP) is 3.62. The number of carbonyl (C=O) groups excluding carboxylic acids is 1. The van der Waals surface area contributed by atoms with Crippen LogP contribution < -0.4 is 10.2 Å². The van der Waals surface area contributed by atoms with E-state index in [2.05, 4.69) is 15.3 Å². The maximum atomic E-state index is 13.7. The van der Waals surface area contributed by atoms with Crippen molar-refractivity contribution < 1.29 is 9.18 Å². The monoisotopic (exact) mass is 350 g/mol. The number of carbonyl (C=O) groups is 1. The first-order valence-electron chi connectivity index (χ1n) is 8.20. The summed E-state index contributed by atoms with van der Waals surface area (Å²) in [5.74, 6) is 0.374. The molecule has 0 radical (unpaired) electrons. The predicted molar refractivity (Wildman–Crippen MR) is 98.8 cm³/mol. The summed E-state index contributed by atoms with van der Waals surface area (Å²) < 4.78 is 13.7. The van der Waals surface area contributed by atoms with Crippen molar-refractivity contribution in [2.24, 2.45) is 0 Å². The summed E-state index contributed by atoms with van der Waals surface area (Å²) >= 11 is 0. The Morgan fingerprint density at radius 2 is 1.77 bits per heavy atom. The van der Waals surface area contributed by atoms with Gasteiger partial charge in [-0.1, -0.05) is 36.4 Å². The number of hydrogen-bond acceptors (Lipinski definition) is 4. The zero-order chi connectivity index (χ0) is 18.5. The molecule has 0 spiro atoms. The second-order valence-corrected chi connectivity index (χ2v) is 5.83. The molecule has 0 aliphatic carbocycles. The van der Waals surface area contributed by atoms with Crippen molar-refractivity contribution in [2.45, 2.75) is 13.5 Å². The van der Waals surface area contributed by atoms with Crippen LogP contribution in [0.4, 0.5) is 15.9 Å². The molecule has 0 atom stereocenters. The zero-order valence-electron chi connectivity index (χ0n) is 14.6. The van der Waals surface area contributed by atoms with Crippen molar-refractivity contribution in [3.8, 4) is 0 Å². The fraction of sp³-hybridized carbons (Fsp3) is 0.150. The van der Waals surface area contributed by atoms with Crippen LogP contribution in [0.1, 0.15) is 21.9 Å². The van der Waals surface area contributed by atoms with Gasteiger partial charge in [-0.3, -0.25) is 4.79 Å². The summed E-state index contributed by atoms with van der Waals surface area (Å²) in [6.45, 7) is 1.83. The molecule has 5 nitrogen and oxygen atoms in total. The number of para-hydroxylation sites is 1. The standard InChI is InChI=1S/C20H19FN4O/c1-14-23-18(20(26)22-13-15-8-6-7-11-17(15)21)12-19(24-14)25(2)16-9-4-3-5-10-16/h3-12H,13H2,1-2H3,(H,22,26). The van der Waals surface area contributed by atoms with Crippen LogP contribution in [0.2, 0.25) is 0 Å². The lowest BCUT2D eigenvalue weighted by Crippen LogP contribution is -2.25. The number of anilines is 2. The fourth-order valence-corrected chi connectivity index (χ4v) is 2.53. The van der Waals surface area contributed by atoms with Gasteiger partial charge in [-0.25, -0.2) is 14.4 Å². The van der Waals surface area contributed by atoms with Gasteiger partial charge in [0.25, 0.3) is 5.91 Å². The number of aryl methyl sites for hydroxylation is 1. The number of nitrogens with one attached hydrogen (secondary N) is 1. The van der Waals surface area contributed by atoms with Crippen molar-refractivity contribution in [3.05, 3.63) is 83.6 Å². The van der Waals surface area contributed by atoms with E-state index in [-0.39, 0.29) is 24.0 Å². The minimum Gasteiger partial charge on any atom is -0.347 e. The Kier molecular flexibility index (Phi) is 5.22. The summed E-state index contributed by atoms with van der Waals surface area (Å²) in [5.41, 5.74) is 1.61. The number of amides is 1. The topological polar surface area (TPSA) is 58.1 Å². The molecule has 2 aromatic carbocycles. The van der Waals surface area contributed by atoms with E-state index in [4.69, 9.17) is 0 Å². The Morgan fingerprint density at radius 3 is 2.50 bits per heavy atom. The van der Waals surface area contributed by atoms with E-state index in [0.29, 0.717) is 17.2 Å². The lowest BCUT2D eigenvalue weighted by Gasteiger charge is -2.19. The van der Waals surface area contributed by atoms with E-state index < -0.39 is 0 Å². The second-order valence-electron chi connectivity index (χ2n) is 5.83. The largest absolute Gasteiger partial charge is 0.347 e. The Hall–Kier alpha value is -3.28. The van der Waals surface area contributed by atoms with Crippen LogP contribution >= 0.6 is 0 Å². The molecule has 3 aromatic rings. The molecule has 0 fully saturated rings. The van der Waals surface area contributed by atoms with Gasteiger partial charge in [-0.15, -0.1) is 0 Å². The van der Waals surface area contributed by atoms with Crippen molar-refractivity contribution >= 4 is 17.4 Å². The second kappa shape index (κ2) is 7.74. The summed E-state index contributed by atoms with van der Waals surface area (Å²) in [6, 6.07) is 17.7. The van der Waals surface area contributed by atoms with Gasteiger partial charge in [0.1, 0.15) is 23.2 Å². The number of hydrogen-bond donors (Lipinski definition) is 1. The normalized spacial score (nSPS) is 10.4. The molecule has 0 aliphatic heterocycles. The third-order valence-corrected chi connectivity index (χ3v) is 3.94. The number of aromatic nitrogens is 2. The molecule has 132 valence electrons. The van der Waals surface area contributed by atoms with E-state index in [9.17, 15) is 9.18 Å². The Morgan fingerprint density at radius 1 is 1.08 bits per heavy atom. The maximum absolute atomic E-state index is 13.7. The molecule has 0 saturated carbocycles. The van der Waals surface area contributed by atoms with Gasteiger partial charge < -0.3 is 10.2 Å². The third-order valence-electron chi connectivity index (χ3n) is 3.94. The highest BCUT2D eigenvalue weighted by Gasteiger charge is 2.14. The molecule has 1 N–H and O–H groups in total. The van der Waals surface area contributed by atoms with E-state index in [1.807, 2.05) is 42.3 Å². The lowest BCUT2D eigenvalue weighted by atomic mass is 10.2. The molecule has 6 heteroatoms. The first-order chi connectivity index (χ1) is 12.5. The summed E-state index contributed by atoms with van der Waals surface area (Å²) in [7, 11) is 1.87. The quantitative estimate of drug-likeness (QED) is 0.763. The lowest BCUT2D eigenvalue weighted by molar-refractivity contribution is 0.0945. The molecular formula is C20H19FN4O. The van der Waals surface area contributed by atoms with Gasteiger partial charge in [-0.2, -0.15) is 0 Å². The van der Waals surface area contributed by atoms with Crippen molar-refractivity contribution in [1.29, 1.82) is 0 Å². The van der Waals surface area contributed by atoms with Gasteiger partial charge in [0.15, 0.2) is 0 Å². The summed E-state index contributed by atoms with van der Waals surface area (Å²) in [6.07, 6.45) is 0. The SMILES string of the molecule is Cc1nc(C(=O)NCc2ccccc2F)cc(N(C)c2ccccc2)n1. The number of nitrogens with zero attached hydrogens (tertiary/aromatic N) is 3. The molecule has 0 aliphatic rings. The van der Waals surface area contributed by atoms with Crippen LogP contribution in [0.3, 0.4) is 0 Å². The Balaban J connectivity index is 1.79. The summed E-state index contributed by atoms with van der Waals surface area (Å²) in [4.78, 5) is 22.9. The molecule has 3 rings (SSSR count). The van der Waals surface area contributed by atoms with Gasteiger partial charge in [0.05, 0.1) is 0 Å². The fourth-order valence-electron chi connectivity index (χ4n) is 2.53. The first kappa shape index (κ1) is 17.5. The average Bonchev–Trinajstić information content (AvgIpc) is 2.66. The number of rotatable bonds is 5. The molecule has 0 unspecified atom stereocenters. The summed E-state index contributed by atoms with van der Waals surface area (Å²) in [5, 5.41) is 2.70. The van der Waals surface area contributed by atoms with E-state index in [1.54, 1.807) is 31.2 Å². The molecular weight excluding hydrogens is 331 g/mol. The van der Waals surface area contributed by atoms with Crippen LogP contribution in [-0.2, 0) is 6.54 Å². The Labute approximate surface area is 151 Å². The average molecular weight is 350 g/mol. The number of benzene rings is 2. The molecule has 0 saturated heterocycles. The molecule has 1 amide bonds. The zero-order valence-corrected chi connectivity index (χ0v) is 14.6. The van der Waals surface area contributed by atoms with E-state index in [1.165, 1.54) is 6.07 Å². The molecule has 26 heavy (non-hydrogen) atoms. The smallest absolute Gasteiger partial charge is 0.270 e. The Bertz CT molecular complexity index is 915. The van der Waals surface area contributed by atoms with Gasteiger partial charge in [0, 0.05) is 30.9 Å². The van der Waals surface area contributed by atoms with Crippen LogP contribution in [0.25, 0.3) is 0 Å². The highest BCUT2D eigenvalue weighted by atomic mass is 19.1. The maximum Gasteiger partial charge on any atom is 0.270 e. The van der Waals surface area contributed by atoms with Crippen LogP contribution in [0, 0.1) is 12.7 Å². The first-order valence-corrected chi connectivity index (χ1v) is 8.20. The minimum atomic E-state index is -0.374. The van der Waals surface area contributed by atoms with Gasteiger partial charge in [-0.05, 0) is 25.1 Å². The number of halogens is 1. The van der Waals surface area contributed by atoms with Crippen molar-refractivity contribution in [2.75, 3.05) is 11.9 Å². The highest BCUT2D eigenvalue weighted by molar-refractivity contribution is 5.93. The van der Waals surface area contributed by atoms with E-state index in [0.717, 1.165) is 5.69 Å². The van der Waals surface area contributed by atoms with E-state index >= 15 is 0 Å².